The second-order valence-corrected chi connectivity index (χ2v) is 8.03. The van der Waals surface area contributed by atoms with Crippen molar-refractivity contribution >= 4 is 17.1 Å². The molecule has 0 saturated heterocycles. The summed E-state index contributed by atoms with van der Waals surface area (Å²) in [6.45, 7) is 9.07. The Kier molecular flexibility index (Phi) is 7.31. The Labute approximate surface area is 197 Å². The fraction of sp³-hybridized carbons (Fsp3) is 0.200. The van der Waals surface area contributed by atoms with Crippen LogP contribution < -0.4 is 16.0 Å². The van der Waals surface area contributed by atoms with Crippen molar-refractivity contribution in [1.82, 2.24) is 0 Å². The van der Waals surface area contributed by atoms with Gasteiger partial charge in [0.05, 0.1) is 0 Å². The zero-order valence-corrected chi connectivity index (χ0v) is 19.8. The van der Waals surface area contributed by atoms with Crippen LogP contribution in [0.1, 0.15) is 20.8 Å². The lowest BCUT2D eigenvalue weighted by Crippen LogP contribution is -2.01. The number of para-hydroxylation sites is 3. The molecule has 0 aliphatic rings. The van der Waals surface area contributed by atoms with Gasteiger partial charge in [-0.25, -0.2) is 0 Å². The molecule has 4 aromatic rings. The normalized spacial score (nSPS) is 10.6. The molecule has 0 radical (unpaired) electrons. The maximum absolute atomic E-state index is 3.53. The van der Waals surface area contributed by atoms with Crippen LogP contribution in [-0.2, 0) is 0 Å². The van der Waals surface area contributed by atoms with Gasteiger partial charge in [0.15, 0.2) is 0 Å². The SMILES string of the molecule is CCNc1ccccc1-c1cc(-c2ccccc2NCC)cc(-c2ccccc2NCC)c1. The highest BCUT2D eigenvalue weighted by Gasteiger charge is 2.13. The van der Waals surface area contributed by atoms with E-state index in [1.54, 1.807) is 0 Å². The number of rotatable bonds is 9. The van der Waals surface area contributed by atoms with E-state index in [0.29, 0.717) is 0 Å². The van der Waals surface area contributed by atoms with Crippen molar-refractivity contribution in [3.8, 4) is 33.4 Å². The summed E-state index contributed by atoms with van der Waals surface area (Å²) in [4.78, 5) is 0. The minimum atomic E-state index is 0.885. The summed E-state index contributed by atoms with van der Waals surface area (Å²) >= 11 is 0. The van der Waals surface area contributed by atoms with Gasteiger partial charge in [-0.1, -0.05) is 54.6 Å². The quantitative estimate of drug-likeness (QED) is 0.249. The Morgan fingerprint density at radius 2 is 0.697 bits per heavy atom. The Balaban J connectivity index is 1.96. The molecule has 0 bridgehead atoms. The number of nitrogens with one attached hydrogen (secondary N) is 3. The van der Waals surface area contributed by atoms with Crippen LogP contribution in [0.25, 0.3) is 33.4 Å². The molecule has 3 N–H and O–H groups in total. The van der Waals surface area contributed by atoms with Crippen molar-refractivity contribution in [2.75, 3.05) is 35.6 Å². The first-order valence-electron chi connectivity index (χ1n) is 11.9. The Bertz CT molecular complexity index is 1050. The van der Waals surface area contributed by atoms with Gasteiger partial charge in [-0.05, 0) is 73.9 Å². The minimum Gasteiger partial charge on any atom is -0.385 e. The molecular weight excluding hydrogens is 402 g/mol. The molecule has 0 amide bonds. The third-order valence-corrected chi connectivity index (χ3v) is 5.75. The van der Waals surface area contributed by atoms with E-state index in [4.69, 9.17) is 0 Å². The van der Waals surface area contributed by atoms with E-state index in [-0.39, 0.29) is 0 Å². The van der Waals surface area contributed by atoms with E-state index in [1.807, 2.05) is 0 Å². The van der Waals surface area contributed by atoms with Crippen LogP contribution in [0.2, 0.25) is 0 Å². The van der Waals surface area contributed by atoms with Gasteiger partial charge in [-0.2, -0.15) is 0 Å². The summed E-state index contributed by atoms with van der Waals surface area (Å²) < 4.78 is 0. The van der Waals surface area contributed by atoms with Gasteiger partial charge >= 0.3 is 0 Å². The standard InChI is InChI=1S/C30H33N3/c1-4-31-28-16-10-7-13-25(28)22-19-23(26-14-8-11-17-29(26)32-5-2)21-24(20-22)27-15-9-12-18-30(27)33-6-3/h7-21,31-33H,4-6H2,1-3H3. The van der Waals surface area contributed by atoms with Crippen LogP contribution in [0.15, 0.2) is 91.0 Å². The van der Waals surface area contributed by atoms with E-state index >= 15 is 0 Å². The van der Waals surface area contributed by atoms with E-state index in [9.17, 15) is 0 Å². The molecule has 0 aliphatic carbocycles. The smallest absolute Gasteiger partial charge is 0.0419 e. The van der Waals surface area contributed by atoms with E-state index < -0.39 is 0 Å². The molecule has 0 atom stereocenters. The van der Waals surface area contributed by atoms with Crippen molar-refractivity contribution in [3.63, 3.8) is 0 Å². The van der Waals surface area contributed by atoms with Crippen LogP contribution >= 0.6 is 0 Å². The second kappa shape index (κ2) is 10.7. The average molecular weight is 436 g/mol. The molecule has 0 heterocycles. The average Bonchev–Trinajstić information content (AvgIpc) is 2.85. The van der Waals surface area contributed by atoms with Crippen molar-refractivity contribution in [3.05, 3.63) is 91.0 Å². The number of hydrogen-bond acceptors (Lipinski definition) is 3. The highest BCUT2D eigenvalue weighted by molar-refractivity contribution is 5.90. The third-order valence-electron chi connectivity index (χ3n) is 5.75. The zero-order chi connectivity index (χ0) is 23.0. The Morgan fingerprint density at radius 3 is 0.970 bits per heavy atom. The first-order valence-corrected chi connectivity index (χ1v) is 11.9. The molecule has 0 fully saturated rings. The number of anilines is 3. The predicted octanol–water partition coefficient (Wildman–Crippen LogP) is 7.98. The fourth-order valence-corrected chi connectivity index (χ4v) is 4.33. The molecule has 0 spiro atoms. The van der Waals surface area contributed by atoms with Gasteiger partial charge in [-0.3, -0.25) is 0 Å². The first kappa shape index (κ1) is 22.5. The van der Waals surface area contributed by atoms with E-state index in [1.165, 1.54) is 33.4 Å². The van der Waals surface area contributed by atoms with Crippen LogP contribution in [0, 0.1) is 0 Å². The van der Waals surface area contributed by atoms with Crippen LogP contribution in [0.4, 0.5) is 17.1 Å². The van der Waals surface area contributed by atoms with Crippen molar-refractivity contribution in [2.24, 2.45) is 0 Å². The number of benzene rings is 4. The first-order chi connectivity index (χ1) is 16.2. The van der Waals surface area contributed by atoms with Gasteiger partial charge in [0.25, 0.3) is 0 Å². The summed E-state index contributed by atoms with van der Waals surface area (Å²) in [5.41, 5.74) is 10.7. The summed E-state index contributed by atoms with van der Waals surface area (Å²) in [5, 5.41) is 10.6. The van der Waals surface area contributed by atoms with E-state index in [0.717, 1.165) is 36.7 Å². The molecule has 168 valence electrons. The lowest BCUT2D eigenvalue weighted by Gasteiger charge is -2.18. The molecule has 0 saturated carbocycles. The lowest BCUT2D eigenvalue weighted by atomic mass is 9.91. The van der Waals surface area contributed by atoms with Crippen LogP contribution in [-0.4, -0.2) is 19.6 Å². The van der Waals surface area contributed by atoms with Crippen LogP contribution in [0.3, 0.4) is 0 Å². The van der Waals surface area contributed by atoms with Crippen LogP contribution in [0.5, 0.6) is 0 Å². The summed E-state index contributed by atoms with van der Waals surface area (Å²) in [6, 6.07) is 32.6. The predicted molar refractivity (Wildman–Crippen MR) is 145 cm³/mol. The lowest BCUT2D eigenvalue weighted by molar-refractivity contribution is 1.21. The Hall–Kier alpha value is -3.72. The van der Waals surface area contributed by atoms with Crippen molar-refractivity contribution < 1.29 is 0 Å². The number of hydrogen-bond donors (Lipinski definition) is 3. The van der Waals surface area contributed by atoms with Crippen molar-refractivity contribution in [2.45, 2.75) is 20.8 Å². The largest absolute Gasteiger partial charge is 0.385 e. The monoisotopic (exact) mass is 435 g/mol. The fourth-order valence-electron chi connectivity index (χ4n) is 4.33. The second-order valence-electron chi connectivity index (χ2n) is 8.03. The molecule has 4 aromatic carbocycles. The Morgan fingerprint density at radius 1 is 0.424 bits per heavy atom. The highest BCUT2D eigenvalue weighted by Crippen LogP contribution is 2.39. The molecule has 0 aliphatic heterocycles. The van der Waals surface area contributed by atoms with Gasteiger partial charge in [0, 0.05) is 53.4 Å². The summed E-state index contributed by atoms with van der Waals surface area (Å²) in [7, 11) is 0. The minimum absolute atomic E-state index is 0.885. The van der Waals surface area contributed by atoms with Crippen molar-refractivity contribution in [1.29, 1.82) is 0 Å². The van der Waals surface area contributed by atoms with E-state index in [2.05, 4.69) is 128 Å². The van der Waals surface area contributed by atoms with Gasteiger partial charge in [0.1, 0.15) is 0 Å². The topological polar surface area (TPSA) is 36.1 Å². The molecule has 0 unspecified atom stereocenters. The molecule has 33 heavy (non-hydrogen) atoms. The molecule has 3 heteroatoms. The molecule has 4 rings (SSSR count). The highest BCUT2D eigenvalue weighted by atomic mass is 14.9. The van der Waals surface area contributed by atoms with Gasteiger partial charge in [0.2, 0.25) is 0 Å². The molecular formula is C30H33N3. The maximum Gasteiger partial charge on any atom is 0.0419 e. The summed E-state index contributed by atoms with van der Waals surface area (Å²) in [5.74, 6) is 0. The van der Waals surface area contributed by atoms with Gasteiger partial charge in [-0.15, -0.1) is 0 Å². The third kappa shape index (κ3) is 5.04. The maximum atomic E-state index is 3.53. The summed E-state index contributed by atoms with van der Waals surface area (Å²) in [6.07, 6.45) is 0. The zero-order valence-electron chi connectivity index (χ0n) is 19.8. The molecule has 3 nitrogen and oxygen atoms in total. The molecule has 0 aromatic heterocycles. The van der Waals surface area contributed by atoms with Gasteiger partial charge < -0.3 is 16.0 Å².